The first kappa shape index (κ1) is 37.9. The Balaban J connectivity index is 1.56. The molecule has 270 valence electrons. The van der Waals surface area contributed by atoms with Crippen LogP contribution in [0.25, 0.3) is 0 Å². The van der Waals surface area contributed by atoms with E-state index in [1.807, 2.05) is 0 Å². The highest BCUT2D eigenvalue weighted by molar-refractivity contribution is 6.10. The van der Waals surface area contributed by atoms with Crippen molar-refractivity contribution in [2.24, 2.45) is 0 Å². The van der Waals surface area contributed by atoms with Crippen molar-refractivity contribution < 1.29 is 57.3 Å². The first-order valence-corrected chi connectivity index (χ1v) is 16.3. The normalized spacial score (nSPS) is 10.4. The summed E-state index contributed by atoms with van der Waals surface area (Å²) in [6.45, 7) is -1.62. The molecule has 0 saturated carbocycles. The molecule has 0 aliphatic heterocycles. The van der Waals surface area contributed by atoms with Gasteiger partial charge in [-0.15, -0.1) is 0 Å². The minimum Gasteiger partial charge on any atom is -0.457 e. The van der Waals surface area contributed by atoms with Gasteiger partial charge < -0.3 is 18.9 Å². The van der Waals surface area contributed by atoms with Gasteiger partial charge in [-0.1, -0.05) is 97.1 Å². The van der Waals surface area contributed by atoms with E-state index in [0.29, 0.717) is 47.4 Å². The molecule has 0 unspecified atom stereocenters. The molecule has 5 aromatic rings. The molecule has 5 rings (SSSR count). The minimum absolute atomic E-state index is 0.243. The maximum atomic E-state index is 13.7. The van der Waals surface area contributed by atoms with Crippen molar-refractivity contribution in [2.45, 2.75) is 26.4 Å². The number of hydrogen-bond donors (Lipinski definition) is 0. The molecule has 12 nitrogen and oxygen atoms in total. The Morgan fingerprint density at radius 2 is 0.556 bits per heavy atom. The Bertz CT molecular complexity index is 1940. The summed E-state index contributed by atoms with van der Waals surface area (Å²) in [5, 5.41) is 0. The van der Waals surface area contributed by atoms with E-state index in [9.17, 15) is 38.4 Å². The highest BCUT2D eigenvalue weighted by Gasteiger charge is 2.29. The van der Waals surface area contributed by atoms with E-state index >= 15 is 0 Å². The van der Waals surface area contributed by atoms with Crippen molar-refractivity contribution in [3.63, 3.8) is 0 Å². The van der Waals surface area contributed by atoms with Crippen molar-refractivity contribution in [1.29, 1.82) is 0 Å². The third-order valence-corrected chi connectivity index (χ3v) is 8.20. The number of ether oxygens (including phenoxy) is 4. The lowest BCUT2D eigenvalue weighted by Crippen LogP contribution is -2.21. The molecule has 0 bridgehead atoms. The summed E-state index contributed by atoms with van der Waals surface area (Å²) in [6.07, 6.45) is 2.31. The number of esters is 4. The smallest absolute Gasteiger partial charge is 0.339 e. The molecule has 0 heterocycles. The summed E-state index contributed by atoms with van der Waals surface area (Å²) in [7, 11) is 0. The molecule has 0 N–H and O–H groups in total. The van der Waals surface area contributed by atoms with Crippen molar-refractivity contribution in [3.8, 4) is 0 Å². The third-order valence-electron chi connectivity index (χ3n) is 8.20. The van der Waals surface area contributed by atoms with Crippen LogP contribution in [0.2, 0.25) is 0 Å². The SMILES string of the molecule is O=Cc1ccccc1COC(=O)c1cc(C(=O)OCc2ccccc2C=O)c(C(=O)OCc2ccccc2C=O)cc1C(=O)OCc1ccccc1C=O. The van der Waals surface area contributed by atoms with Gasteiger partial charge in [0.05, 0.1) is 22.3 Å². The number of carbonyl (C=O) groups excluding carboxylic acids is 8. The van der Waals surface area contributed by atoms with E-state index in [1.165, 1.54) is 24.3 Å². The first-order chi connectivity index (χ1) is 26.3. The van der Waals surface area contributed by atoms with Crippen LogP contribution in [0.15, 0.2) is 109 Å². The lowest BCUT2D eigenvalue weighted by atomic mass is 9.97. The second-order valence-corrected chi connectivity index (χ2v) is 11.5. The summed E-state index contributed by atoms with van der Waals surface area (Å²) in [5.41, 5.74) is 0.344. The van der Waals surface area contributed by atoms with Gasteiger partial charge in [0, 0.05) is 22.3 Å². The molecule has 5 aromatic carbocycles. The minimum atomic E-state index is -1.13. The number of aldehydes is 4. The van der Waals surface area contributed by atoms with Gasteiger partial charge in [0.15, 0.2) is 0 Å². The molecule has 0 radical (unpaired) electrons. The van der Waals surface area contributed by atoms with Crippen LogP contribution in [0.3, 0.4) is 0 Å². The molecule has 0 fully saturated rings. The topological polar surface area (TPSA) is 173 Å². The highest BCUT2D eigenvalue weighted by Crippen LogP contribution is 2.25. The second-order valence-electron chi connectivity index (χ2n) is 11.5. The molecule has 0 atom stereocenters. The Hall–Kier alpha value is -7.34. The number of benzene rings is 5. The molecular weight excluding hydrogens is 696 g/mol. The lowest BCUT2D eigenvalue weighted by molar-refractivity contribution is 0.0408. The van der Waals surface area contributed by atoms with Gasteiger partial charge in [-0.25, -0.2) is 19.2 Å². The fourth-order valence-corrected chi connectivity index (χ4v) is 5.28. The van der Waals surface area contributed by atoms with Gasteiger partial charge in [0.25, 0.3) is 0 Å². The summed E-state index contributed by atoms with van der Waals surface area (Å²) < 4.78 is 21.9. The molecule has 0 aliphatic rings. The number of rotatable bonds is 16. The average molecular weight is 727 g/mol. The fraction of sp³-hybridized carbons (Fsp3) is 0.0952. The second kappa shape index (κ2) is 18.2. The van der Waals surface area contributed by atoms with Crippen molar-refractivity contribution in [3.05, 3.63) is 176 Å². The predicted molar refractivity (Wildman–Crippen MR) is 190 cm³/mol. The van der Waals surface area contributed by atoms with E-state index in [2.05, 4.69) is 0 Å². The molecule has 54 heavy (non-hydrogen) atoms. The van der Waals surface area contributed by atoms with Crippen LogP contribution in [0.5, 0.6) is 0 Å². The van der Waals surface area contributed by atoms with Crippen molar-refractivity contribution in [1.82, 2.24) is 0 Å². The quantitative estimate of drug-likeness (QED) is 0.0626. The Morgan fingerprint density at radius 1 is 0.352 bits per heavy atom. The molecule has 12 heteroatoms. The van der Waals surface area contributed by atoms with Crippen LogP contribution in [-0.2, 0) is 45.4 Å². The Kier molecular flexibility index (Phi) is 12.8. The zero-order chi connectivity index (χ0) is 38.5. The summed E-state index contributed by atoms with van der Waals surface area (Å²) in [5.74, 6) is -4.51. The maximum absolute atomic E-state index is 13.7. The van der Waals surface area contributed by atoms with E-state index in [4.69, 9.17) is 18.9 Å². The van der Waals surface area contributed by atoms with Crippen LogP contribution in [0, 0.1) is 0 Å². The average Bonchev–Trinajstić information content (AvgIpc) is 3.22. The Labute approximate surface area is 308 Å². The van der Waals surface area contributed by atoms with Gasteiger partial charge >= 0.3 is 23.9 Å². The van der Waals surface area contributed by atoms with Gasteiger partial charge in [-0.3, -0.25) is 19.2 Å². The van der Waals surface area contributed by atoms with E-state index < -0.39 is 72.6 Å². The third kappa shape index (κ3) is 9.11. The van der Waals surface area contributed by atoms with E-state index in [-0.39, 0.29) is 22.3 Å². The zero-order valence-corrected chi connectivity index (χ0v) is 28.4. The molecule has 0 spiro atoms. The number of carbonyl (C=O) groups is 8. The standard InChI is InChI=1S/C42H30O12/c43-19-27-9-1-5-13-31(27)23-51-39(47)35-17-37(41(49)53-25-33-15-7-3-11-29(33)21-45)38(42(50)54-26-34-16-8-4-12-30(34)22-46)18-36(35)40(48)52-24-32-14-6-2-10-28(32)20-44/h1-22H,23-26H2. The van der Waals surface area contributed by atoms with Crippen LogP contribution >= 0.6 is 0 Å². The lowest BCUT2D eigenvalue weighted by Gasteiger charge is -2.16. The highest BCUT2D eigenvalue weighted by atomic mass is 16.5. The van der Waals surface area contributed by atoms with Gasteiger partial charge in [0.1, 0.15) is 51.6 Å². The van der Waals surface area contributed by atoms with Gasteiger partial charge in [0.2, 0.25) is 0 Å². The van der Waals surface area contributed by atoms with Crippen molar-refractivity contribution in [2.75, 3.05) is 0 Å². The van der Waals surface area contributed by atoms with E-state index in [1.54, 1.807) is 72.8 Å². The van der Waals surface area contributed by atoms with Crippen LogP contribution in [-0.4, -0.2) is 49.0 Å². The molecule has 0 aliphatic carbocycles. The monoisotopic (exact) mass is 726 g/mol. The molecule has 0 amide bonds. The zero-order valence-electron chi connectivity index (χ0n) is 28.4. The van der Waals surface area contributed by atoms with Crippen molar-refractivity contribution >= 4 is 49.0 Å². The van der Waals surface area contributed by atoms with Gasteiger partial charge in [-0.05, 0) is 34.4 Å². The van der Waals surface area contributed by atoms with Crippen LogP contribution in [0.1, 0.15) is 105 Å². The largest absolute Gasteiger partial charge is 0.457 e. The van der Waals surface area contributed by atoms with Crippen LogP contribution < -0.4 is 0 Å². The van der Waals surface area contributed by atoms with Crippen LogP contribution in [0.4, 0.5) is 0 Å². The first-order valence-electron chi connectivity index (χ1n) is 16.3. The molecule has 0 saturated heterocycles. The molecular formula is C42H30O12. The maximum Gasteiger partial charge on any atom is 0.339 e. The fourth-order valence-electron chi connectivity index (χ4n) is 5.28. The predicted octanol–water partition coefficient (Wildman–Crippen LogP) is 6.36. The van der Waals surface area contributed by atoms with E-state index in [0.717, 1.165) is 12.1 Å². The summed E-state index contributed by atoms with van der Waals surface area (Å²) >= 11 is 0. The summed E-state index contributed by atoms with van der Waals surface area (Å²) in [6, 6.07) is 27.1. The molecule has 0 aromatic heterocycles. The Morgan fingerprint density at radius 3 is 0.759 bits per heavy atom. The summed E-state index contributed by atoms with van der Waals surface area (Å²) in [4.78, 5) is 101. The number of hydrogen-bond acceptors (Lipinski definition) is 12. The van der Waals surface area contributed by atoms with Gasteiger partial charge in [-0.2, -0.15) is 0 Å².